The monoisotopic (exact) mass is 326 g/mol. The molecule has 1 N–H and O–H groups in total. The molecule has 114 valence electrons. The summed E-state index contributed by atoms with van der Waals surface area (Å²) in [7, 11) is 0. The van der Waals surface area contributed by atoms with Gasteiger partial charge in [-0.15, -0.1) is 10.2 Å². The number of amides is 1. The zero-order valence-electron chi connectivity index (χ0n) is 11.7. The number of carbonyl (C=O) groups is 1. The van der Waals surface area contributed by atoms with Crippen molar-refractivity contribution in [1.29, 1.82) is 5.26 Å². The minimum Gasteiger partial charge on any atom is -0.459 e. The Balaban J connectivity index is 1.56. The second-order valence-electron chi connectivity index (χ2n) is 4.38. The van der Waals surface area contributed by atoms with E-state index in [-0.39, 0.29) is 22.8 Å². The SMILES string of the molecule is N#Cc1cccc(NC(=O)CSc2nnc(-c3ccco3)o2)c1. The van der Waals surface area contributed by atoms with Gasteiger partial charge in [-0.05, 0) is 30.3 Å². The maximum atomic E-state index is 11.9. The smallest absolute Gasteiger partial charge is 0.284 e. The molecular weight excluding hydrogens is 316 g/mol. The van der Waals surface area contributed by atoms with Crippen molar-refractivity contribution in [1.82, 2.24) is 10.2 Å². The van der Waals surface area contributed by atoms with Crippen molar-refractivity contribution in [3.8, 4) is 17.7 Å². The highest BCUT2D eigenvalue weighted by Crippen LogP contribution is 2.23. The summed E-state index contributed by atoms with van der Waals surface area (Å²) < 4.78 is 10.5. The van der Waals surface area contributed by atoms with Crippen molar-refractivity contribution in [2.75, 3.05) is 11.1 Å². The molecule has 3 aromatic rings. The van der Waals surface area contributed by atoms with Crippen molar-refractivity contribution in [3.05, 3.63) is 48.2 Å². The van der Waals surface area contributed by atoms with E-state index in [9.17, 15) is 4.79 Å². The summed E-state index contributed by atoms with van der Waals surface area (Å²) in [4.78, 5) is 11.9. The molecule has 8 heteroatoms. The molecule has 3 rings (SSSR count). The number of thioether (sulfide) groups is 1. The molecule has 2 heterocycles. The van der Waals surface area contributed by atoms with Gasteiger partial charge in [-0.2, -0.15) is 5.26 Å². The van der Waals surface area contributed by atoms with E-state index < -0.39 is 0 Å². The Morgan fingerprint density at radius 3 is 3.00 bits per heavy atom. The third kappa shape index (κ3) is 3.78. The highest BCUT2D eigenvalue weighted by atomic mass is 32.2. The highest BCUT2D eigenvalue weighted by Gasteiger charge is 2.13. The molecule has 1 amide bonds. The normalized spacial score (nSPS) is 10.2. The van der Waals surface area contributed by atoms with E-state index >= 15 is 0 Å². The average molecular weight is 326 g/mol. The number of nitriles is 1. The van der Waals surface area contributed by atoms with Crippen LogP contribution in [0.4, 0.5) is 5.69 Å². The van der Waals surface area contributed by atoms with Crippen molar-refractivity contribution in [3.63, 3.8) is 0 Å². The fourth-order valence-corrected chi connectivity index (χ4v) is 2.32. The lowest BCUT2D eigenvalue weighted by Gasteiger charge is -2.03. The standard InChI is InChI=1S/C15H10N4O3S/c16-8-10-3-1-4-11(7-10)17-13(20)9-23-15-19-18-14(22-15)12-5-2-6-21-12/h1-7H,9H2,(H,17,20). The number of anilines is 1. The number of benzene rings is 1. The molecule has 0 spiro atoms. The predicted octanol–water partition coefficient (Wildman–Crippen LogP) is 2.93. The number of hydrogen-bond donors (Lipinski definition) is 1. The lowest BCUT2D eigenvalue weighted by atomic mass is 10.2. The number of rotatable bonds is 5. The molecule has 2 aromatic heterocycles. The molecule has 1 aromatic carbocycles. The van der Waals surface area contributed by atoms with E-state index in [1.807, 2.05) is 6.07 Å². The topological polar surface area (TPSA) is 105 Å². The van der Waals surface area contributed by atoms with Gasteiger partial charge in [0.25, 0.3) is 11.1 Å². The minimum absolute atomic E-state index is 0.108. The first-order valence-electron chi connectivity index (χ1n) is 6.55. The summed E-state index contributed by atoms with van der Waals surface area (Å²) in [5.74, 6) is 0.612. The van der Waals surface area contributed by atoms with Crippen molar-refractivity contribution >= 4 is 23.4 Å². The Hall–Kier alpha value is -3.05. The van der Waals surface area contributed by atoms with Crippen LogP contribution in [0, 0.1) is 11.3 Å². The Morgan fingerprint density at radius 1 is 1.30 bits per heavy atom. The lowest BCUT2D eigenvalue weighted by Crippen LogP contribution is -2.14. The van der Waals surface area contributed by atoms with Gasteiger partial charge in [-0.25, -0.2) is 0 Å². The zero-order valence-corrected chi connectivity index (χ0v) is 12.5. The summed E-state index contributed by atoms with van der Waals surface area (Å²) in [6, 6.07) is 12.1. The van der Waals surface area contributed by atoms with Crippen LogP contribution in [0.3, 0.4) is 0 Å². The maximum Gasteiger partial charge on any atom is 0.284 e. The first kappa shape index (κ1) is 14.9. The van der Waals surface area contributed by atoms with Gasteiger partial charge in [0.15, 0.2) is 5.76 Å². The Morgan fingerprint density at radius 2 is 2.22 bits per heavy atom. The van der Waals surface area contributed by atoms with Crippen LogP contribution in [0.25, 0.3) is 11.7 Å². The van der Waals surface area contributed by atoms with Gasteiger partial charge in [0, 0.05) is 5.69 Å². The third-order valence-electron chi connectivity index (χ3n) is 2.74. The third-order valence-corrected chi connectivity index (χ3v) is 3.56. The zero-order chi connectivity index (χ0) is 16.1. The number of carbonyl (C=O) groups excluding carboxylic acids is 1. The van der Waals surface area contributed by atoms with Gasteiger partial charge in [-0.1, -0.05) is 17.8 Å². The van der Waals surface area contributed by atoms with E-state index in [0.717, 1.165) is 11.8 Å². The summed E-state index contributed by atoms with van der Waals surface area (Å²) in [6.07, 6.45) is 1.51. The highest BCUT2D eigenvalue weighted by molar-refractivity contribution is 7.99. The average Bonchev–Trinajstić information content (AvgIpc) is 3.24. The molecular formula is C15H10N4O3S. The van der Waals surface area contributed by atoms with Crippen LogP contribution >= 0.6 is 11.8 Å². The number of hydrogen-bond acceptors (Lipinski definition) is 7. The molecule has 0 aliphatic carbocycles. The van der Waals surface area contributed by atoms with Crippen LogP contribution in [0.15, 0.2) is 56.7 Å². The van der Waals surface area contributed by atoms with Gasteiger partial charge in [0.2, 0.25) is 5.91 Å². The quantitative estimate of drug-likeness (QED) is 0.718. The summed E-state index contributed by atoms with van der Waals surface area (Å²) in [5, 5.41) is 19.5. The van der Waals surface area contributed by atoms with Crippen LogP contribution in [0.2, 0.25) is 0 Å². The molecule has 0 bridgehead atoms. The summed E-state index contributed by atoms with van der Waals surface area (Å²) in [5.41, 5.74) is 1.05. The van der Waals surface area contributed by atoms with Crippen LogP contribution in [-0.4, -0.2) is 21.9 Å². The van der Waals surface area contributed by atoms with Gasteiger partial charge in [0.1, 0.15) is 0 Å². The van der Waals surface area contributed by atoms with E-state index in [1.165, 1.54) is 6.26 Å². The number of furan rings is 1. The largest absolute Gasteiger partial charge is 0.459 e. The Labute approximate surface area is 135 Å². The van der Waals surface area contributed by atoms with E-state index in [4.69, 9.17) is 14.1 Å². The first-order chi connectivity index (χ1) is 11.2. The molecule has 0 aliphatic rings. The summed E-state index contributed by atoms with van der Waals surface area (Å²) >= 11 is 1.12. The number of aromatic nitrogens is 2. The number of nitrogens with one attached hydrogen (secondary N) is 1. The molecule has 0 atom stereocenters. The predicted molar refractivity (Wildman–Crippen MR) is 82.5 cm³/mol. The van der Waals surface area contributed by atoms with Gasteiger partial charge >= 0.3 is 0 Å². The number of nitrogens with zero attached hydrogens (tertiary/aromatic N) is 3. The van der Waals surface area contributed by atoms with E-state index in [1.54, 1.807) is 36.4 Å². The molecule has 0 unspecified atom stereocenters. The fourth-order valence-electron chi connectivity index (χ4n) is 1.76. The second-order valence-corrected chi connectivity index (χ2v) is 5.31. The molecule has 0 radical (unpaired) electrons. The Bertz CT molecular complexity index is 852. The second kappa shape index (κ2) is 6.81. The Kier molecular flexibility index (Phi) is 4.40. The van der Waals surface area contributed by atoms with Gasteiger partial charge in [-0.3, -0.25) is 4.79 Å². The maximum absolute atomic E-state index is 11.9. The van der Waals surface area contributed by atoms with E-state index in [0.29, 0.717) is 17.0 Å². The van der Waals surface area contributed by atoms with Crippen LogP contribution < -0.4 is 5.32 Å². The van der Waals surface area contributed by atoms with Crippen LogP contribution in [0.5, 0.6) is 0 Å². The first-order valence-corrected chi connectivity index (χ1v) is 7.53. The molecule has 23 heavy (non-hydrogen) atoms. The molecule has 0 saturated heterocycles. The van der Waals surface area contributed by atoms with Crippen molar-refractivity contribution in [2.24, 2.45) is 0 Å². The van der Waals surface area contributed by atoms with Crippen molar-refractivity contribution < 1.29 is 13.6 Å². The van der Waals surface area contributed by atoms with Gasteiger partial charge in [0.05, 0.1) is 23.6 Å². The van der Waals surface area contributed by atoms with Crippen LogP contribution in [-0.2, 0) is 4.79 Å². The lowest BCUT2D eigenvalue weighted by molar-refractivity contribution is -0.113. The minimum atomic E-state index is -0.233. The molecule has 0 aliphatic heterocycles. The van der Waals surface area contributed by atoms with Gasteiger partial charge < -0.3 is 14.2 Å². The van der Waals surface area contributed by atoms with E-state index in [2.05, 4.69) is 15.5 Å². The molecule has 7 nitrogen and oxygen atoms in total. The molecule has 0 saturated carbocycles. The fraction of sp³-hybridized carbons (Fsp3) is 0.0667. The molecule has 0 fully saturated rings. The van der Waals surface area contributed by atoms with Crippen molar-refractivity contribution in [2.45, 2.75) is 5.22 Å². The summed E-state index contributed by atoms with van der Waals surface area (Å²) in [6.45, 7) is 0. The van der Waals surface area contributed by atoms with Crippen LogP contribution in [0.1, 0.15) is 5.56 Å².